The minimum absolute atomic E-state index is 0.116. The van der Waals surface area contributed by atoms with Crippen LogP contribution in [0.3, 0.4) is 0 Å². The molecule has 0 spiro atoms. The smallest absolute Gasteiger partial charge is 0.230 e. The highest BCUT2D eigenvalue weighted by atomic mass is 32.1. The highest BCUT2D eigenvalue weighted by Gasteiger charge is 2.10. The minimum atomic E-state index is -0.445. The molecule has 1 amide bonds. The number of fused-ring (bicyclic) bond motifs is 1. The number of carbonyl (C=O) groups is 1. The Kier molecular flexibility index (Phi) is 5.97. The van der Waals surface area contributed by atoms with Crippen molar-refractivity contribution in [2.24, 2.45) is 0 Å². The van der Waals surface area contributed by atoms with Gasteiger partial charge in [0.1, 0.15) is 5.82 Å². The van der Waals surface area contributed by atoms with Gasteiger partial charge in [0.15, 0.2) is 5.11 Å². The average molecular weight is 437 g/mol. The van der Waals surface area contributed by atoms with Crippen molar-refractivity contribution >= 4 is 61.9 Å². The summed E-state index contributed by atoms with van der Waals surface area (Å²) >= 11 is 6.71. The van der Waals surface area contributed by atoms with Crippen molar-refractivity contribution in [1.29, 1.82) is 0 Å². The Morgan fingerprint density at radius 2 is 1.90 bits per heavy atom. The number of halogens is 1. The maximum atomic E-state index is 14.6. The molecule has 30 heavy (non-hydrogen) atoms. The molecule has 0 saturated carbocycles. The minimum Gasteiger partial charge on any atom is -0.352 e. The molecule has 4 aromatic rings. The van der Waals surface area contributed by atoms with E-state index in [1.54, 1.807) is 18.3 Å². The summed E-state index contributed by atoms with van der Waals surface area (Å²) in [5.41, 5.74) is 3.31. The third kappa shape index (κ3) is 4.79. The third-order valence-corrected chi connectivity index (χ3v) is 5.44. The Bertz CT molecular complexity index is 1210. The molecule has 2 aromatic heterocycles. The second-order valence-electron chi connectivity index (χ2n) is 6.48. The third-order valence-electron chi connectivity index (χ3n) is 4.30. The molecular weight excluding hydrogens is 419 g/mol. The molecule has 3 N–H and O–H groups in total. The zero-order chi connectivity index (χ0) is 20.9. The molecule has 0 aliphatic rings. The maximum absolute atomic E-state index is 14.6. The molecule has 0 bridgehead atoms. The fraction of sp³-hybridized carbons (Fsp3) is 0.0455. The van der Waals surface area contributed by atoms with E-state index in [0.29, 0.717) is 11.4 Å². The molecule has 2 aromatic carbocycles. The van der Waals surface area contributed by atoms with E-state index >= 15 is 0 Å². The van der Waals surface area contributed by atoms with E-state index in [0.717, 1.165) is 21.5 Å². The van der Waals surface area contributed by atoms with Crippen LogP contribution in [-0.4, -0.2) is 16.0 Å². The highest BCUT2D eigenvalue weighted by molar-refractivity contribution is 7.80. The van der Waals surface area contributed by atoms with E-state index in [9.17, 15) is 9.18 Å². The van der Waals surface area contributed by atoms with Gasteiger partial charge in [0.25, 0.3) is 0 Å². The van der Waals surface area contributed by atoms with Crippen LogP contribution in [0.25, 0.3) is 10.2 Å². The van der Waals surface area contributed by atoms with Crippen LogP contribution in [0.15, 0.2) is 72.2 Å². The number of pyridine rings is 1. The average Bonchev–Trinajstić information content (AvgIpc) is 3.20. The van der Waals surface area contributed by atoms with Gasteiger partial charge in [0.2, 0.25) is 5.91 Å². The zero-order valence-electron chi connectivity index (χ0n) is 15.7. The molecule has 150 valence electrons. The Balaban J connectivity index is 1.39. The van der Waals surface area contributed by atoms with E-state index in [-0.39, 0.29) is 17.4 Å². The van der Waals surface area contributed by atoms with E-state index in [2.05, 4.69) is 20.9 Å². The fourth-order valence-corrected chi connectivity index (χ4v) is 3.98. The monoisotopic (exact) mass is 436 g/mol. The van der Waals surface area contributed by atoms with Crippen molar-refractivity contribution in [1.82, 2.24) is 10.3 Å². The van der Waals surface area contributed by atoms with Gasteiger partial charge in [0, 0.05) is 11.9 Å². The number of anilines is 3. The first-order valence-corrected chi connectivity index (χ1v) is 10.4. The van der Waals surface area contributed by atoms with Crippen molar-refractivity contribution in [3.63, 3.8) is 0 Å². The summed E-state index contributed by atoms with van der Waals surface area (Å²) in [4.78, 5) is 16.4. The van der Waals surface area contributed by atoms with Crippen LogP contribution in [0.4, 0.5) is 21.5 Å². The molecule has 0 fully saturated rings. The van der Waals surface area contributed by atoms with Crippen molar-refractivity contribution < 1.29 is 9.18 Å². The molecule has 4 rings (SSSR count). The van der Waals surface area contributed by atoms with Crippen LogP contribution >= 0.6 is 23.6 Å². The summed E-state index contributed by atoms with van der Waals surface area (Å²) in [6.07, 6.45) is 1.89. The summed E-state index contributed by atoms with van der Waals surface area (Å²) in [7, 11) is 0. The standard InChI is InChI=1S/C22H17FN4OS2/c23-16-13-15(25-22(29)27-20(28)12-14-4-2-1-3-5-14)6-7-17(16)26-19-8-10-24-18-9-11-30-21(18)19/h1-11,13H,12H2,(H,24,26)(H2,25,27,28,29). The molecule has 5 nitrogen and oxygen atoms in total. The van der Waals surface area contributed by atoms with Crippen molar-refractivity contribution in [2.45, 2.75) is 6.42 Å². The van der Waals surface area contributed by atoms with Gasteiger partial charge in [-0.15, -0.1) is 11.3 Å². The number of nitrogens with one attached hydrogen (secondary N) is 3. The Morgan fingerprint density at radius 1 is 1.07 bits per heavy atom. The number of carbonyl (C=O) groups excluding carboxylic acids is 1. The fourth-order valence-electron chi connectivity index (χ4n) is 2.93. The van der Waals surface area contributed by atoms with Crippen LogP contribution in [0.5, 0.6) is 0 Å². The first kappa shape index (κ1) is 19.9. The SMILES string of the molecule is O=C(Cc1ccccc1)NC(=S)Nc1ccc(Nc2ccnc3ccsc23)c(F)c1. The molecule has 8 heteroatoms. The van der Waals surface area contributed by atoms with Crippen molar-refractivity contribution in [3.8, 4) is 0 Å². The topological polar surface area (TPSA) is 66.1 Å². The van der Waals surface area contributed by atoms with E-state index in [4.69, 9.17) is 12.2 Å². The van der Waals surface area contributed by atoms with Gasteiger partial charge in [-0.25, -0.2) is 4.39 Å². The Hall–Kier alpha value is -3.36. The summed E-state index contributed by atoms with van der Waals surface area (Å²) in [6, 6.07) is 17.7. The molecule has 0 aliphatic carbocycles. The lowest BCUT2D eigenvalue weighted by atomic mass is 10.1. The van der Waals surface area contributed by atoms with Crippen LogP contribution in [0.2, 0.25) is 0 Å². The predicted molar refractivity (Wildman–Crippen MR) is 124 cm³/mol. The molecule has 0 aliphatic heterocycles. The molecule has 0 saturated heterocycles. The predicted octanol–water partition coefficient (Wildman–Crippen LogP) is 5.23. The van der Waals surface area contributed by atoms with Gasteiger partial charge in [-0.3, -0.25) is 9.78 Å². The highest BCUT2D eigenvalue weighted by Crippen LogP contribution is 2.30. The summed E-state index contributed by atoms with van der Waals surface area (Å²) in [6.45, 7) is 0. The number of benzene rings is 2. The van der Waals surface area contributed by atoms with E-state index in [1.165, 1.54) is 17.4 Å². The number of thiocarbonyl (C=S) groups is 1. The molecule has 0 unspecified atom stereocenters. The van der Waals surface area contributed by atoms with Gasteiger partial charge >= 0.3 is 0 Å². The molecule has 0 atom stereocenters. The number of amides is 1. The Morgan fingerprint density at radius 3 is 2.70 bits per heavy atom. The van der Waals surface area contributed by atoms with Crippen LogP contribution in [0.1, 0.15) is 5.56 Å². The molecule has 0 radical (unpaired) electrons. The Labute approximate surface area is 182 Å². The maximum Gasteiger partial charge on any atom is 0.230 e. The summed E-state index contributed by atoms with van der Waals surface area (Å²) < 4.78 is 15.6. The van der Waals surface area contributed by atoms with E-state index < -0.39 is 5.82 Å². The van der Waals surface area contributed by atoms with Crippen LogP contribution < -0.4 is 16.0 Å². The second kappa shape index (κ2) is 8.98. The summed E-state index contributed by atoms with van der Waals surface area (Å²) in [5.74, 6) is -0.685. The molecule has 2 heterocycles. The lowest BCUT2D eigenvalue weighted by Crippen LogP contribution is -2.35. The summed E-state index contributed by atoms with van der Waals surface area (Å²) in [5, 5.41) is 10.6. The lowest BCUT2D eigenvalue weighted by Gasteiger charge is -2.12. The second-order valence-corrected chi connectivity index (χ2v) is 7.80. The number of aromatic nitrogens is 1. The normalized spacial score (nSPS) is 10.6. The molecular formula is C22H17FN4OS2. The number of hydrogen-bond acceptors (Lipinski definition) is 5. The van der Waals surface area contributed by atoms with Crippen LogP contribution in [-0.2, 0) is 11.2 Å². The van der Waals surface area contributed by atoms with Crippen molar-refractivity contribution in [2.75, 3.05) is 10.6 Å². The first-order chi connectivity index (χ1) is 14.6. The van der Waals surface area contributed by atoms with Crippen LogP contribution in [0, 0.1) is 5.82 Å². The largest absolute Gasteiger partial charge is 0.352 e. The lowest BCUT2D eigenvalue weighted by molar-refractivity contribution is -0.119. The van der Waals surface area contributed by atoms with Gasteiger partial charge < -0.3 is 16.0 Å². The van der Waals surface area contributed by atoms with Crippen molar-refractivity contribution in [3.05, 3.63) is 83.6 Å². The first-order valence-electron chi connectivity index (χ1n) is 9.12. The van der Waals surface area contributed by atoms with Gasteiger partial charge in [0.05, 0.1) is 28.0 Å². The number of rotatable bonds is 5. The van der Waals surface area contributed by atoms with Gasteiger partial charge in [-0.1, -0.05) is 30.3 Å². The number of hydrogen-bond donors (Lipinski definition) is 3. The van der Waals surface area contributed by atoms with Gasteiger partial charge in [-0.05, 0) is 53.5 Å². The van der Waals surface area contributed by atoms with Gasteiger partial charge in [-0.2, -0.15) is 0 Å². The quantitative estimate of drug-likeness (QED) is 0.374. The van der Waals surface area contributed by atoms with E-state index in [1.807, 2.05) is 47.8 Å². The number of thiophene rings is 1. The zero-order valence-corrected chi connectivity index (χ0v) is 17.3. The number of nitrogens with zero attached hydrogens (tertiary/aromatic N) is 1.